The van der Waals surface area contributed by atoms with Crippen molar-refractivity contribution in [2.45, 2.75) is 37.1 Å². The number of benzene rings is 1. The highest BCUT2D eigenvalue weighted by molar-refractivity contribution is 7.89. The van der Waals surface area contributed by atoms with Crippen LogP contribution >= 0.6 is 0 Å². The summed E-state index contributed by atoms with van der Waals surface area (Å²) in [7, 11) is -4.13. The molecule has 1 fully saturated rings. The van der Waals surface area contributed by atoms with Crippen LogP contribution in [0.4, 0.5) is 8.78 Å². The smallest absolute Gasteiger partial charge is 0.208 e. The Bertz CT molecular complexity index is 525. The number of hydrogen-bond donors (Lipinski definition) is 1. The Morgan fingerprint density at radius 2 is 1.83 bits per heavy atom. The standard InChI is InChI=1S/C12H15F2NO2S/c1-8-5-6-9(7-8)15-18(16,17)12-10(13)3-2-4-11(12)14/h2-4,8-9,15H,5-7H2,1H3. The number of nitrogens with one attached hydrogen (secondary N) is 1. The van der Waals surface area contributed by atoms with E-state index >= 15 is 0 Å². The Balaban J connectivity index is 2.26. The average molecular weight is 275 g/mol. The summed E-state index contributed by atoms with van der Waals surface area (Å²) in [5.74, 6) is -1.69. The minimum atomic E-state index is -4.13. The van der Waals surface area contributed by atoms with Crippen LogP contribution in [0.5, 0.6) is 0 Å². The van der Waals surface area contributed by atoms with Crippen LogP contribution in [-0.4, -0.2) is 14.5 Å². The van der Waals surface area contributed by atoms with Crippen LogP contribution in [0.15, 0.2) is 23.1 Å². The van der Waals surface area contributed by atoms with Crippen LogP contribution in [0.3, 0.4) is 0 Å². The summed E-state index contributed by atoms with van der Waals surface area (Å²) in [4.78, 5) is -0.885. The molecule has 1 saturated carbocycles. The number of sulfonamides is 1. The van der Waals surface area contributed by atoms with Crippen LogP contribution in [0.25, 0.3) is 0 Å². The molecule has 2 rings (SSSR count). The van der Waals surface area contributed by atoms with Gasteiger partial charge in [-0.3, -0.25) is 0 Å². The summed E-state index contributed by atoms with van der Waals surface area (Å²) < 4.78 is 53.1. The second-order valence-corrected chi connectivity index (χ2v) is 6.44. The molecule has 0 bridgehead atoms. The van der Waals surface area contributed by atoms with Gasteiger partial charge in [-0.1, -0.05) is 13.0 Å². The number of halogens is 2. The highest BCUT2D eigenvalue weighted by atomic mass is 32.2. The van der Waals surface area contributed by atoms with E-state index in [1.807, 2.05) is 6.92 Å². The van der Waals surface area contributed by atoms with E-state index < -0.39 is 26.6 Å². The third-order valence-electron chi connectivity index (χ3n) is 3.20. The van der Waals surface area contributed by atoms with Gasteiger partial charge in [0.15, 0.2) is 4.90 Å². The summed E-state index contributed by atoms with van der Waals surface area (Å²) >= 11 is 0. The first-order valence-electron chi connectivity index (χ1n) is 5.86. The second-order valence-electron chi connectivity index (χ2n) is 4.79. The molecule has 100 valence electrons. The van der Waals surface area contributed by atoms with Gasteiger partial charge in [-0.25, -0.2) is 21.9 Å². The van der Waals surface area contributed by atoms with Crippen molar-refractivity contribution in [3.8, 4) is 0 Å². The molecule has 18 heavy (non-hydrogen) atoms. The minimum Gasteiger partial charge on any atom is -0.208 e. The fourth-order valence-corrected chi connectivity index (χ4v) is 3.75. The highest BCUT2D eigenvalue weighted by Gasteiger charge is 2.30. The van der Waals surface area contributed by atoms with Crippen molar-refractivity contribution in [3.05, 3.63) is 29.8 Å². The van der Waals surface area contributed by atoms with Crippen LogP contribution in [0, 0.1) is 17.6 Å². The zero-order chi connectivity index (χ0) is 13.3. The molecule has 1 aliphatic carbocycles. The molecule has 1 aromatic carbocycles. The van der Waals surface area contributed by atoms with Gasteiger partial charge >= 0.3 is 0 Å². The second kappa shape index (κ2) is 4.93. The molecule has 2 unspecified atom stereocenters. The normalized spacial score (nSPS) is 24.4. The number of hydrogen-bond acceptors (Lipinski definition) is 2. The Morgan fingerprint density at radius 3 is 2.33 bits per heavy atom. The van der Waals surface area contributed by atoms with Crippen molar-refractivity contribution in [1.29, 1.82) is 0 Å². The summed E-state index contributed by atoms with van der Waals surface area (Å²) in [5.41, 5.74) is 0. The van der Waals surface area contributed by atoms with Crippen molar-refractivity contribution < 1.29 is 17.2 Å². The van der Waals surface area contributed by atoms with E-state index in [1.165, 1.54) is 0 Å². The largest absolute Gasteiger partial charge is 0.246 e. The van der Waals surface area contributed by atoms with E-state index in [1.54, 1.807) is 0 Å². The van der Waals surface area contributed by atoms with Gasteiger partial charge < -0.3 is 0 Å². The molecule has 0 heterocycles. The lowest BCUT2D eigenvalue weighted by Gasteiger charge is -2.13. The molecule has 0 aromatic heterocycles. The van der Waals surface area contributed by atoms with Gasteiger partial charge in [0.05, 0.1) is 0 Å². The molecule has 2 atom stereocenters. The lowest BCUT2D eigenvalue weighted by atomic mass is 10.1. The first-order chi connectivity index (χ1) is 8.40. The topological polar surface area (TPSA) is 46.2 Å². The molecule has 6 heteroatoms. The summed E-state index contributed by atoms with van der Waals surface area (Å²) in [5, 5.41) is 0. The molecule has 0 saturated heterocycles. The molecule has 1 aromatic rings. The fourth-order valence-electron chi connectivity index (χ4n) is 2.33. The van der Waals surface area contributed by atoms with Gasteiger partial charge in [-0.15, -0.1) is 0 Å². The van der Waals surface area contributed by atoms with Crippen LogP contribution < -0.4 is 4.72 Å². The van der Waals surface area contributed by atoms with Crippen LogP contribution in [-0.2, 0) is 10.0 Å². The summed E-state index contributed by atoms with van der Waals surface area (Å²) in [6.45, 7) is 2.03. The first-order valence-corrected chi connectivity index (χ1v) is 7.35. The average Bonchev–Trinajstić information content (AvgIpc) is 2.62. The van der Waals surface area contributed by atoms with Gasteiger partial charge in [-0.2, -0.15) is 0 Å². The third-order valence-corrected chi connectivity index (χ3v) is 4.78. The maximum absolute atomic E-state index is 13.4. The Kier molecular flexibility index (Phi) is 3.68. The molecule has 0 amide bonds. The minimum absolute atomic E-state index is 0.232. The predicted molar refractivity (Wildman–Crippen MR) is 63.5 cm³/mol. The third kappa shape index (κ3) is 2.70. The van der Waals surface area contributed by atoms with Gasteiger partial charge in [0.2, 0.25) is 10.0 Å². The van der Waals surface area contributed by atoms with Gasteiger partial charge in [0.25, 0.3) is 0 Å². The monoisotopic (exact) mass is 275 g/mol. The lowest BCUT2D eigenvalue weighted by Crippen LogP contribution is -2.34. The maximum atomic E-state index is 13.4. The van der Waals surface area contributed by atoms with E-state index in [0.717, 1.165) is 24.6 Å². The molecule has 0 radical (unpaired) electrons. The Labute approximate surface area is 105 Å². The van der Waals surface area contributed by atoms with E-state index in [-0.39, 0.29) is 6.04 Å². The molecule has 0 spiro atoms. The maximum Gasteiger partial charge on any atom is 0.246 e. The highest BCUT2D eigenvalue weighted by Crippen LogP contribution is 2.27. The molecule has 0 aliphatic heterocycles. The zero-order valence-electron chi connectivity index (χ0n) is 9.99. The van der Waals surface area contributed by atoms with Crippen molar-refractivity contribution in [2.75, 3.05) is 0 Å². The van der Waals surface area contributed by atoms with Crippen LogP contribution in [0.2, 0.25) is 0 Å². The van der Waals surface area contributed by atoms with E-state index in [0.29, 0.717) is 18.8 Å². The van der Waals surface area contributed by atoms with E-state index in [9.17, 15) is 17.2 Å². The Morgan fingerprint density at radius 1 is 1.22 bits per heavy atom. The Hall–Kier alpha value is -1.01. The van der Waals surface area contributed by atoms with Gasteiger partial charge in [0, 0.05) is 6.04 Å². The van der Waals surface area contributed by atoms with Crippen molar-refractivity contribution in [1.82, 2.24) is 4.72 Å². The van der Waals surface area contributed by atoms with Crippen molar-refractivity contribution >= 4 is 10.0 Å². The summed E-state index contributed by atoms with van der Waals surface area (Å²) in [6, 6.07) is 2.79. The quantitative estimate of drug-likeness (QED) is 0.921. The van der Waals surface area contributed by atoms with Gasteiger partial charge in [-0.05, 0) is 37.3 Å². The first kappa shape index (κ1) is 13.4. The molecule has 1 N–H and O–H groups in total. The SMILES string of the molecule is CC1CCC(NS(=O)(=O)c2c(F)cccc2F)C1. The van der Waals surface area contributed by atoms with Crippen LogP contribution in [0.1, 0.15) is 26.2 Å². The van der Waals surface area contributed by atoms with E-state index in [2.05, 4.69) is 4.72 Å². The molecular formula is C12H15F2NO2S. The van der Waals surface area contributed by atoms with E-state index in [4.69, 9.17) is 0 Å². The summed E-state index contributed by atoms with van der Waals surface area (Å²) in [6.07, 6.45) is 2.33. The zero-order valence-corrected chi connectivity index (χ0v) is 10.8. The molecule has 1 aliphatic rings. The van der Waals surface area contributed by atoms with Gasteiger partial charge in [0.1, 0.15) is 11.6 Å². The van der Waals surface area contributed by atoms with Crippen molar-refractivity contribution in [3.63, 3.8) is 0 Å². The lowest BCUT2D eigenvalue weighted by molar-refractivity contribution is 0.501. The molecular weight excluding hydrogens is 260 g/mol. The predicted octanol–water partition coefficient (Wildman–Crippen LogP) is 2.43. The number of rotatable bonds is 3. The fraction of sp³-hybridized carbons (Fsp3) is 0.500. The van der Waals surface area contributed by atoms with Crippen molar-refractivity contribution in [2.24, 2.45) is 5.92 Å². The molecule has 3 nitrogen and oxygen atoms in total.